The van der Waals surface area contributed by atoms with Gasteiger partial charge in [-0.3, -0.25) is 0 Å². The summed E-state index contributed by atoms with van der Waals surface area (Å²) in [6.07, 6.45) is 5.76. The van der Waals surface area contributed by atoms with Gasteiger partial charge in [-0.25, -0.2) is 4.98 Å². The van der Waals surface area contributed by atoms with Crippen LogP contribution in [0.4, 0.5) is 0 Å². The molecule has 16 heavy (non-hydrogen) atoms. The van der Waals surface area contributed by atoms with Gasteiger partial charge in [0.05, 0.1) is 5.69 Å². The highest BCUT2D eigenvalue weighted by molar-refractivity contribution is 5.23. The van der Waals surface area contributed by atoms with Crippen LogP contribution in [0.2, 0.25) is 0 Å². The van der Waals surface area contributed by atoms with E-state index in [9.17, 15) is 0 Å². The quantitative estimate of drug-likeness (QED) is 0.847. The Hall–Kier alpha value is -0.830. The molecular weight excluding hydrogens is 198 g/mol. The highest BCUT2D eigenvalue weighted by atomic mass is 15.1. The Labute approximate surface area is 98.1 Å². The molecule has 0 saturated heterocycles. The van der Waals surface area contributed by atoms with Crippen molar-refractivity contribution in [2.24, 2.45) is 5.73 Å². The van der Waals surface area contributed by atoms with Gasteiger partial charge in [-0.15, -0.1) is 0 Å². The lowest BCUT2D eigenvalue weighted by Crippen LogP contribution is -2.16. The lowest BCUT2D eigenvalue weighted by atomic mass is 9.95. The highest BCUT2D eigenvalue weighted by Crippen LogP contribution is 2.31. The van der Waals surface area contributed by atoms with Crippen molar-refractivity contribution in [2.75, 3.05) is 6.54 Å². The molecular formula is C13H23N3. The van der Waals surface area contributed by atoms with Gasteiger partial charge in [0, 0.05) is 18.7 Å². The van der Waals surface area contributed by atoms with Crippen molar-refractivity contribution >= 4 is 0 Å². The molecule has 1 aromatic rings. The topological polar surface area (TPSA) is 43.8 Å². The van der Waals surface area contributed by atoms with Crippen LogP contribution in [0, 0.1) is 0 Å². The van der Waals surface area contributed by atoms with E-state index >= 15 is 0 Å². The van der Waals surface area contributed by atoms with E-state index in [-0.39, 0.29) is 0 Å². The molecule has 0 saturated carbocycles. The van der Waals surface area contributed by atoms with Crippen LogP contribution in [-0.2, 0) is 19.4 Å². The molecule has 2 rings (SSSR count). The molecule has 1 aromatic heterocycles. The van der Waals surface area contributed by atoms with E-state index in [1.807, 2.05) is 0 Å². The monoisotopic (exact) mass is 221 g/mol. The Balaban J connectivity index is 2.33. The van der Waals surface area contributed by atoms with E-state index in [0.717, 1.165) is 25.8 Å². The van der Waals surface area contributed by atoms with Crippen molar-refractivity contribution < 1.29 is 0 Å². The summed E-state index contributed by atoms with van der Waals surface area (Å²) in [6.45, 7) is 6.46. The Bertz CT molecular complexity index is 354. The maximum Gasteiger partial charge on any atom is 0.108 e. The van der Waals surface area contributed by atoms with Crippen LogP contribution < -0.4 is 5.73 Å². The third-order valence-electron chi connectivity index (χ3n) is 3.58. The number of rotatable bonds is 4. The second kappa shape index (κ2) is 5.00. The van der Waals surface area contributed by atoms with Gasteiger partial charge in [0.15, 0.2) is 0 Å². The number of hydrogen-bond acceptors (Lipinski definition) is 2. The zero-order chi connectivity index (χ0) is 11.5. The summed E-state index contributed by atoms with van der Waals surface area (Å²) in [5.74, 6) is 1.95. The Morgan fingerprint density at radius 2 is 2.31 bits per heavy atom. The average molecular weight is 221 g/mol. The first-order valence-corrected chi connectivity index (χ1v) is 6.56. The zero-order valence-corrected chi connectivity index (χ0v) is 10.5. The summed E-state index contributed by atoms with van der Waals surface area (Å²) in [6, 6.07) is 0. The minimum absolute atomic E-state index is 0.675. The minimum Gasteiger partial charge on any atom is -0.332 e. The molecule has 0 aromatic carbocycles. The molecule has 0 spiro atoms. The normalized spacial score (nSPS) is 19.8. The Morgan fingerprint density at radius 3 is 3.00 bits per heavy atom. The summed E-state index contributed by atoms with van der Waals surface area (Å²) in [4.78, 5) is 4.81. The van der Waals surface area contributed by atoms with Crippen LogP contribution in [0.5, 0.6) is 0 Å². The second-order valence-corrected chi connectivity index (χ2v) is 4.80. The van der Waals surface area contributed by atoms with Gasteiger partial charge in [-0.1, -0.05) is 13.8 Å². The molecule has 1 atom stereocenters. The number of nitrogens with zero attached hydrogens (tertiary/aromatic N) is 2. The number of hydrogen-bond donors (Lipinski definition) is 1. The fourth-order valence-corrected chi connectivity index (χ4v) is 2.78. The van der Waals surface area contributed by atoms with Crippen molar-refractivity contribution in [1.29, 1.82) is 0 Å². The summed E-state index contributed by atoms with van der Waals surface area (Å²) in [5.41, 5.74) is 8.40. The summed E-state index contributed by atoms with van der Waals surface area (Å²) in [7, 11) is 0. The first-order valence-electron chi connectivity index (χ1n) is 6.56. The maximum absolute atomic E-state index is 5.59. The van der Waals surface area contributed by atoms with Crippen LogP contribution >= 0.6 is 0 Å². The standard InChI is InChI=1S/C13H23N3/c1-3-12-15-11(7-4-8-14)13-10(2)6-5-9-16(12)13/h10H,3-9,14H2,1-2H3. The average Bonchev–Trinajstić information content (AvgIpc) is 2.66. The van der Waals surface area contributed by atoms with Gasteiger partial charge in [0.2, 0.25) is 0 Å². The van der Waals surface area contributed by atoms with E-state index in [1.165, 1.54) is 36.6 Å². The summed E-state index contributed by atoms with van der Waals surface area (Å²) in [5, 5.41) is 0. The molecule has 2 heterocycles. The molecule has 0 fully saturated rings. The zero-order valence-electron chi connectivity index (χ0n) is 10.5. The number of imidazole rings is 1. The fourth-order valence-electron chi connectivity index (χ4n) is 2.78. The highest BCUT2D eigenvalue weighted by Gasteiger charge is 2.23. The lowest BCUT2D eigenvalue weighted by molar-refractivity contribution is 0.461. The minimum atomic E-state index is 0.675. The maximum atomic E-state index is 5.59. The van der Waals surface area contributed by atoms with E-state index in [4.69, 9.17) is 10.7 Å². The summed E-state index contributed by atoms with van der Waals surface area (Å²) < 4.78 is 2.46. The molecule has 0 aliphatic carbocycles. The largest absolute Gasteiger partial charge is 0.332 e. The van der Waals surface area contributed by atoms with Crippen molar-refractivity contribution in [3.63, 3.8) is 0 Å². The third-order valence-corrected chi connectivity index (χ3v) is 3.58. The number of aromatic nitrogens is 2. The van der Waals surface area contributed by atoms with E-state index in [0.29, 0.717) is 5.92 Å². The summed E-state index contributed by atoms with van der Waals surface area (Å²) >= 11 is 0. The van der Waals surface area contributed by atoms with Crippen molar-refractivity contribution in [3.8, 4) is 0 Å². The van der Waals surface area contributed by atoms with Crippen molar-refractivity contribution in [3.05, 3.63) is 17.2 Å². The lowest BCUT2D eigenvalue weighted by Gasteiger charge is -2.23. The third kappa shape index (κ3) is 2.01. The molecule has 90 valence electrons. The van der Waals surface area contributed by atoms with Crippen LogP contribution in [0.3, 0.4) is 0 Å². The predicted octanol–water partition coefficient (Wildman–Crippen LogP) is 2.23. The first kappa shape index (κ1) is 11.6. The van der Waals surface area contributed by atoms with E-state index in [2.05, 4.69) is 18.4 Å². The van der Waals surface area contributed by atoms with Gasteiger partial charge >= 0.3 is 0 Å². The van der Waals surface area contributed by atoms with Crippen LogP contribution in [0.1, 0.15) is 56.2 Å². The fraction of sp³-hybridized carbons (Fsp3) is 0.769. The molecule has 0 amide bonds. The van der Waals surface area contributed by atoms with Gasteiger partial charge in [-0.2, -0.15) is 0 Å². The molecule has 0 bridgehead atoms. The van der Waals surface area contributed by atoms with Gasteiger partial charge in [0.1, 0.15) is 5.82 Å². The van der Waals surface area contributed by atoms with Gasteiger partial charge < -0.3 is 10.3 Å². The van der Waals surface area contributed by atoms with Crippen LogP contribution in [0.25, 0.3) is 0 Å². The van der Waals surface area contributed by atoms with Crippen LogP contribution in [-0.4, -0.2) is 16.1 Å². The number of fused-ring (bicyclic) bond motifs is 1. The molecule has 3 nitrogen and oxygen atoms in total. The van der Waals surface area contributed by atoms with Crippen molar-refractivity contribution in [1.82, 2.24) is 9.55 Å². The molecule has 1 aliphatic rings. The van der Waals surface area contributed by atoms with Crippen LogP contribution in [0.15, 0.2) is 0 Å². The predicted molar refractivity (Wildman–Crippen MR) is 66.6 cm³/mol. The SMILES string of the molecule is CCc1nc(CCCN)c2n1CCCC2C. The Morgan fingerprint density at radius 1 is 1.50 bits per heavy atom. The molecule has 3 heteroatoms. The van der Waals surface area contributed by atoms with E-state index < -0.39 is 0 Å². The first-order chi connectivity index (χ1) is 7.77. The van der Waals surface area contributed by atoms with Crippen molar-refractivity contribution in [2.45, 2.75) is 58.4 Å². The Kier molecular flexibility index (Phi) is 3.64. The van der Waals surface area contributed by atoms with E-state index in [1.54, 1.807) is 0 Å². The molecule has 0 radical (unpaired) electrons. The number of aryl methyl sites for hydroxylation is 2. The number of nitrogens with two attached hydrogens (primary N) is 1. The van der Waals surface area contributed by atoms with Gasteiger partial charge in [0.25, 0.3) is 0 Å². The molecule has 1 aliphatic heterocycles. The molecule has 2 N–H and O–H groups in total. The second-order valence-electron chi connectivity index (χ2n) is 4.80. The smallest absolute Gasteiger partial charge is 0.108 e. The molecule has 1 unspecified atom stereocenters. The van der Waals surface area contributed by atoms with Gasteiger partial charge in [-0.05, 0) is 38.1 Å².